The molecule has 0 radical (unpaired) electrons. The number of nitrogens with one attached hydrogen (secondary N) is 1. The van der Waals surface area contributed by atoms with E-state index >= 15 is 0 Å². The molecule has 7 heteroatoms. The first-order valence-corrected chi connectivity index (χ1v) is 10.5. The van der Waals surface area contributed by atoms with Gasteiger partial charge in [0.25, 0.3) is 0 Å². The number of methoxy groups -OCH3 is 1. The lowest BCUT2D eigenvalue weighted by Crippen LogP contribution is -2.37. The fraction of sp³-hybridized carbons (Fsp3) is 0.368. The molecule has 1 heterocycles. The molecule has 140 valence electrons. The SMILES string of the molecule is COc1ccccc1C(CNS(=O)(=O)c1ccc(Cl)cc1)N1CCCC1. The van der Waals surface area contributed by atoms with Crippen LogP contribution in [-0.2, 0) is 10.0 Å². The largest absolute Gasteiger partial charge is 0.496 e. The fourth-order valence-corrected chi connectivity index (χ4v) is 4.48. The third kappa shape index (κ3) is 4.38. The number of hydrogen-bond acceptors (Lipinski definition) is 4. The second kappa shape index (κ2) is 8.39. The standard InChI is InChI=1S/C19H23ClN2O3S/c1-25-19-7-3-2-6-17(19)18(22-12-4-5-13-22)14-21-26(23,24)16-10-8-15(20)9-11-16/h2-3,6-11,18,21H,4-5,12-14H2,1H3. The van der Waals surface area contributed by atoms with Crippen LogP contribution in [0.3, 0.4) is 0 Å². The molecule has 5 nitrogen and oxygen atoms in total. The van der Waals surface area contributed by atoms with Crippen LogP contribution in [0.4, 0.5) is 0 Å². The summed E-state index contributed by atoms with van der Waals surface area (Å²) in [5.41, 5.74) is 0.996. The van der Waals surface area contributed by atoms with Crippen molar-refractivity contribution in [2.24, 2.45) is 0 Å². The summed E-state index contributed by atoms with van der Waals surface area (Å²) >= 11 is 5.85. The highest BCUT2D eigenvalue weighted by molar-refractivity contribution is 7.89. The number of rotatable bonds is 7. The lowest BCUT2D eigenvalue weighted by molar-refractivity contribution is 0.240. The Balaban J connectivity index is 1.83. The average molecular weight is 395 g/mol. The van der Waals surface area contributed by atoms with Gasteiger partial charge in [-0.2, -0.15) is 0 Å². The third-order valence-corrected chi connectivity index (χ3v) is 6.36. The third-order valence-electron chi connectivity index (χ3n) is 4.67. The maximum Gasteiger partial charge on any atom is 0.240 e. The minimum absolute atomic E-state index is 0.0734. The number of likely N-dealkylation sites (tertiary alicyclic amines) is 1. The van der Waals surface area contributed by atoms with Gasteiger partial charge in [0.2, 0.25) is 10.0 Å². The van der Waals surface area contributed by atoms with Gasteiger partial charge in [-0.3, -0.25) is 4.90 Å². The molecular formula is C19H23ClN2O3S. The van der Waals surface area contributed by atoms with Gasteiger partial charge < -0.3 is 4.74 Å². The van der Waals surface area contributed by atoms with E-state index in [0.717, 1.165) is 37.2 Å². The molecule has 1 fully saturated rings. The summed E-state index contributed by atoms with van der Waals surface area (Å²) in [4.78, 5) is 2.52. The van der Waals surface area contributed by atoms with Crippen molar-refractivity contribution in [1.82, 2.24) is 9.62 Å². The van der Waals surface area contributed by atoms with Gasteiger partial charge >= 0.3 is 0 Å². The molecular weight excluding hydrogens is 372 g/mol. The smallest absolute Gasteiger partial charge is 0.240 e. The lowest BCUT2D eigenvalue weighted by atomic mass is 10.0. The Hall–Kier alpha value is -1.60. The van der Waals surface area contributed by atoms with E-state index < -0.39 is 10.0 Å². The van der Waals surface area contributed by atoms with E-state index in [1.807, 2.05) is 24.3 Å². The zero-order chi connectivity index (χ0) is 18.6. The quantitative estimate of drug-likeness (QED) is 0.781. The van der Waals surface area contributed by atoms with Gasteiger partial charge in [-0.25, -0.2) is 13.1 Å². The van der Waals surface area contributed by atoms with Crippen molar-refractivity contribution >= 4 is 21.6 Å². The molecule has 0 saturated carbocycles. The first-order chi connectivity index (χ1) is 12.5. The van der Waals surface area contributed by atoms with Crippen LogP contribution in [0.15, 0.2) is 53.4 Å². The highest BCUT2D eigenvalue weighted by atomic mass is 35.5. The van der Waals surface area contributed by atoms with E-state index in [0.29, 0.717) is 5.02 Å². The fourth-order valence-electron chi connectivity index (χ4n) is 3.32. The molecule has 1 aliphatic heterocycles. The molecule has 0 aromatic heterocycles. The minimum atomic E-state index is -3.61. The first kappa shape index (κ1) is 19.2. The van der Waals surface area contributed by atoms with Gasteiger partial charge in [0.05, 0.1) is 18.0 Å². The number of ether oxygens (including phenoxy) is 1. The van der Waals surface area contributed by atoms with Crippen molar-refractivity contribution in [3.05, 3.63) is 59.1 Å². The number of para-hydroxylation sites is 1. The molecule has 26 heavy (non-hydrogen) atoms. The van der Waals surface area contributed by atoms with E-state index in [9.17, 15) is 8.42 Å². The van der Waals surface area contributed by atoms with E-state index in [-0.39, 0.29) is 17.5 Å². The summed E-state index contributed by atoms with van der Waals surface area (Å²) in [6, 6.07) is 13.9. The van der Waals surface area contributed by atoms with Gasteiger partial charge in [0.15, 0.2) is 0 Å². The monoisotopic (exact) mass is 394 g/mol. The molecule has 1 N–H and O–H groups in total. The van der Waals surface area contributed by atoms with Crippen molar-refractivity contribution in [1.29, 1.82) is 0 Å². The van der Waals surface area contributed by atoms with Crippen LogP contribution in [-0.4, -0.2) is 40.1 Å². The highest BCUT2D eigenvalue weighted by Gasteiger charge is 2.27. The van der Waals surface area contributed by atoms with Crippen molar-refractivity contribution in [3.8, 4) is 5.75 Å². The van der Waals surface area contributed by atoms with Crippen LogP contribution in [0, 0.1) is 0 Å². The summed E-state index contributed by atoms with van der Waals surface area (Å²) in [6.07, 6.45) is 2.24. The number of halogens is 1. The summed E-state index contributed by atoms with van der Waals surface area (Å²) in [7, 11) is -1.97. The van der Waals surface area contributed by atoms with E-state index in [1.165, 1.54) is 12.1 Å². The van der Waals surface area contributed by atoms with Gasteiger partial charge in [0.1, 0.15) is 5.75 Å². The van der Waals surface area contributed by atoms with Gasteiger partial charge in [0, 0.05) is 17.1 Å². The zero-order valence-electron chi connectivity index (χ0n) is 14.7. The van der Waals surface area contributed by atoms with E-state index in [4.69, 9.17) is 16.3 Å². The Morgan fingerprint density at radius 3 is 2.42 bits per heavy atom. The van der Waals surface area contributed by atoms with Crippen LogP contribution >= 0.6 is 11.6 Å². The lowest BCUT2D eigenvalue weighted by Gasteiger charge is -2.29. The predicted octanol–water partition coefficient (Wildman–Crippen LogP) is 3.46. The Labute approximate surface area is 160 Å². The van der Waals surface area contributed by atoms with Crippen molar-refractivity contribution in [2.45, 2.75) is 23.8 Å². The molecule has 2 aromatic carbocycles. The molecule has 1 aliphatic rings. The van der Waals surface area contributed by atoms with Crippen LogP contribution in [0.2, 0.25) is 5.02 Å². The van der Waals surface area contributed by atoms with Gasteiger partial charge in [-0.1, -0.05) is 29.8 Å². The first-order valence-electron chi connectivity index (χ1n) is 8.63. The van der Waals surface area contributed by atoms with Crippen LogP contribution in [0.1, 0.15) is 24.4 Å². The summed E-state index contributed by atoms with van der Waals surface area (Å²) in [6.45, 7) is 2.18. The topological polar surface area (TPSA) is 58.6 Å². The van der Waals surface area contributed by atoms with E-state index in [1.54, 1.807) is 19.2 Å². The number of hydrogen-bond donors (Lipinski definition) is 1. The van der Waals surface area contributed by atoms with Gasteiger partial charge in [-0.15, -0.1) is 0 Å². The van der Waals surface area contributed by atoms with Crippen molar-refractivity contribution in [3.63, 3.8) is 0 Å². The summed E-state index contributed by atoms with van der Waals surface area (Å²) in [5.74, 6) is 0.773. The summed E-state index contributed by atoms with van der Waals surface area (Å²) in [5, 5.41) is 0.507. The Kier molecular flexibility index (Phi) is 6.19. The maximum absolute atomic E-state index is 12.6. The molecule has 1 atom stereocenters. The number of nitrogens with zero attached hydrogens (tertiary/aromatic N) is 1. The second-order valence-corrected chi connectivity index (χ2v) is 8.51. The minimum Gasteiger partial charge on any atom is -0.496 e. The Morgan fingerprint density at radius 2 is 1.77 bits per heavy atom. The van der Waals surface area contributed by atoms with Crippen LogP contribution < -0.4 is 9.46 Å². The normalized spacial score (nSPS) is 16.5. The zero-order valence-corrected chi connectivity index (χ0v) is 16.3. The Morgan fingerprint density at radius 1 is 1.12 bits per heavy atom. The van der Waals surface area contributed by atoms with Crippen LogP contribution in [0.25, 0.3) is 0 Å². The summed E-state index contributed by atoms with van der Waals surface area (Å²) < 4.78 is 33.5. The van der Waals surface area contributed by atoms with Crippen LogP contribution in [0.5, 0.6) is 5.75 Å². The molecule has 1 unspecified atom stereocenters. The number of benzene rings is 2. The van der Waals surface area contributed by atoms with Gasteiger partial charge in [-0.05, 0) is 56.3 Å². The predicted molar refractivity (Wildman–Crippen MR) is 103 cm³/mol. The molecule has 0 amide bonds. The average Bonchev–Trinajstić information content (AvgIpc) is 3.17. The second-order valence-electron chi connectivity index (χ2n) is 6.31. The van der Waals surface area contributed by atoms with Crippen molar-refractivity contribution < 1.29 is 13.2 Å². The maximum atomic E-state index is 12.6. The van der Waals surface area contributed by atoms with E-state index in [2.05, 4.69) is 9.62 Å². The molecule has 2 aromatic rings. The number of sulfonamides is 1. The van der Waals surface area contributed by atoms with Crippen molar-refractivity contribution in [2.75, 3.05) is 26.7 Å². The highest BCUT2D eigenvalue weighted by Crippen LogP contribution is 2.31. The molecule has 0 spiro atoms. The Bertz CT molecular complexity index is 834. The molecule has 3 rings (SSSR count). The molecule has 0 aliphatic carbocycles. The molecule has 1 saturated heterocycles. The molecule has 0 bridgehead atoms.